The van der Waals surface area contributed by atoms with Gasteiger partial charge in [0.15, 0.2) is 0 Å². The maximum atomic E-state index is 12.6. The molecular weight excluding hydrogens is 319 g/mol. The summed E-state index contributed by atoms with van der Waals surface area (Å²) in [7, 11) is -4.03. The van der Waals surface area contributed by atoms with Crippen LogP contribution in [0.2, 0.25) is 0 Å². The Balaban J connectivity index is 2.16. The second-order valence-corrected chi connectivity index (χ2v) is 6.60. The Hall–Kier alpha value is -1.80. The Morgan fingerprint density at radius 1 is 1.27 bits per heavy atom. The summed E-state index contributed by atoms with van der Waals surface area (Å²) in [5.74, 6) is 0. The number of alkyl halides is 3. The van der Waals surface area contributed by atoms with Crippen molar-refractivity contribution in [1.82, 2.24) is 4.72 Å². The molecule has 0 aliphatic rings. The van der Waals surface area contributed by atoms with E-state index in [4.69, 9.17) is 4.42 Å². The number of hydrogen-bond donors (Lipinski definition) is 1. The molecule has 1 atom stereocenters. The second-order valence-electron chi connectivity index (χ2n) is 4.88. The molecule has 1 aromatic heterocycles. The summed E-state index contributed by atoms with van der Waals surface area (Å²) in [4.78, 5) is -0.415. The summed E-state index contributed by atoms with van der Waals surface area (Å²) in [6.07, 6.45) is -1.28. The molecule has 4 nitrogen and oxygen atoms in total. The van der Waals surface area contributed by atoms with E-state index in [2.05, 4.69) is 4.72 Å². The zero-order valence-electron chi connectivity index (χ0n) is 11.6. The van der Waals surface area contributed by atoms with E-state index in [1.807, 2.05) is 0 Å². The first kappa shape index (κ1) is 16.6. The first-order chi connectivity index (χ1) is 10.2. The molecule has 0 spiro atoms. The lowest BCUT2D eigenvalue weighted by Gasteiger charge is -2.14. The Labute approximate surface area is 126 Å². The molecule has 0 aliphatic carbocycles. The van der Waals surface area contributed by atoms with Crippen molar-refractivity contribution in [3.8, 4) is 0 Å². The molecule has 0 fully saturated rings. The third-order valence-electron chi connectivity index (χ3n) is 2.95. The summed E-state index contributed by atoms with van der Waals surface area (Å²) in [5, 5.41) is 0. The highest BCUT2D eigenvalue weighted by molar-refractivity contribution is 7.89. The molecule has 0 bridgehead atoms. The van der Waals surface area contributed by atoms with E-state index >= 15 is 0 Å². The van der Waals surface area contributed by atoms with Crippen molar-refractivity contribution < 1.29 is 26.0 Å². The van der Waals surface area contributed by atoms with Gasteiger partial charge in [-0.1, -0.05) is 6.07 Å². The molecule has 22 heavy (non-hydrogen) atoms. The van der Waals surface area contributed by atoms with E-state index in [-0.39, 0.29) is 0 Å². The molecule has 120 valence electrons. The predicted molar refractivity (Wildman–Crippen MR) is 73.6 cm³/mol. The van der Waals surface area contributed by atoms with Crippen LogP contribution in [0.25, 0.3) is 0 Å². The SMILES string of the molecule is CC(Cc1ccoc1)NS(=O)(=O)c1cccc(C(F)(F)F)c1. The molecule has 2 aromatic rings. The number of hydrogen-bond acceptors (Lipinski definition) is 3. The van der Waals surface area contributed by atoms with Crippen LogP contribution in [0, 0.1) is 0 Å². The number of benzene rings is 1. The van der Waals surface area contributed by atoms with E-state index in [1.54, 1.807) is 13.0 Å². The van der Waals surface area contributed by atoms with Gasteiger partial charge in [-0.15, -0.1) is 0 Å². The van der Waals surface area contributed by atoms with E-state index in [9.17, 15) is 21.6 Å². The van der Waals surface area contributed by atoms with Gasteiger partial charge in [-0.2, -0.15) is 13.2 Å². The average Bonchev–Trinajstić information content (AvgIpc) is 2.90. The van der Waals surface area contributed by atoms with Crippen LogP contribution in [-0.4, -0.2) is 14.5 Å². The van der Waals surface area contributed by atoms with Crippen LogP contribution in [0.5, 0.6) is 0 Å². The summed E-state index contributed by atoms with van der Waals surface area (Å²) < 4.78 is 69.5. The van der Waals surface area contributed by atoms with Crippen molar-refractivity contribution in [2.75, 3.05) is 0 Å². The fraction of sp³-hybridized carbons (Fsp3) is 0.286. The van der Waals surface area contributed by atoms with Crippen molar-refractivity contribution in [2.24, 2.45) is 0 Å². The highest BCUT2D eigenvalue weighted by atomic mass is 32.2. The molecular formula is C14H14F3NO3S. The van der Waals surface area contributed by atoms with Gasteiger partial charge in [0.2, 0.25) is 10.0 Å². The third kappa shape index (κ3) is 4.11. The van der Waals surface area contributed by atoms with Gasteiger partial charge in [-0.3, -0.25) is 0 Å². The Morgan fingerprint density at radius 3 is 2.59 bits per heavy atom. The van der Waals surface area contributed by atoms with Gasteiger partial charge in [0.25, 0.3) is 0 Å². The molecule has 1 unspecified atom stereocenters. The van der Waals surface area contributed by atoms with Crippen LogP contribution < -0.4 is 4.72 Å². The summed E-state index contributed by atoms with van der Waals surface area (Å²) in [6.45, 7) is 1.62. The van der Waals surface area contributed by atoms with Crippen molar-refractivity contribution in [2.45, 2.75) is 30.5 Å². The summed E-state index contributed by atoms with van der Waals surface area (Å²) >= 11 is 0. The van der Waals surface area contributed by atoms with Crippen LogP contribution in [0.4, 0.5) is 13.2 Å². The Bertz CT molecular complexity index is 724. The Morgan fingerprint density at radius 2 is 2.00 bits per heavy atom. The van der Waals surface area contributed by atoms with E-state index in [1.165, 1.54) is 12.5 Å². The van der Waals surface area contributed by atoms with Crippen LogP contribution in [0.15, 0.2) is 52.2 Å². The zero-order valence-corrected chi connectivity index (χ0v) is 12.4. The quantitative estimate of drug-likeness (QED) is 0.914. The first-order valence-electron chi connectivity index (χ1n) is 6.39. The molecule has 0 saturated heterocycles. The minimum absolute atomic E-state index is 0.370. The fourth-order valence-corrected chi connectivity index (χ4v) is 3.27. The molecule has 0 radical (unpaired) electrons. The summed E-state index contributed by atoms with van der Waals surface area (Å²) in [5.41, 5.74) is -0.211. The van der Waals surface area contributed by atoms with Gasteiger partial charge >= 0.3 is 6.18 Å². The number of nitrogens with one attached hydrogen (secondary N) is 1. The topological polar surface area (TPSA) is 59.3 Å². The first-order valence-corrected chi connectivity index (χ1v) is 7.87. The van der Waals surface area contributed by atoms with Crippen LogP contribution in [0.1, 0.15) is 18.1 Å². The van der Waals surface area contributed by atoms with Crippen LogP contribution in [0.3, 0.4) is 0 Å². The number of sulfonamides is 1. The second kappa shape index (κ2) is 6.13. The monoisotopic (exact) mass is 333 g/mol. The van der Waals surface area contributed by atoms with Crippen molar-refractivity contribution >= 4 is 10.0 Å². The molecule has 1 heterocycles. The number of rotatable bonds is 5. The zero-order chi connectivity index (χ0) is 16.4. The lowest BCUT2D eigenvalue weighted by molar-refractivity contribution is -0.137. The van der Waals surface area contributed by atoms with Crippen LogP contribution in [-0.2, 0) is 22.6 Å². The maximum Gasteiger partial charge on any atom is 0.416 e. The highest BCUT2D eigenvalue weighted by Gasteiger charge is 2.31. The molecule has 0 aliphatic heterocycles. The molecule has 0 saturated carbocycles. The molecule has 2 rings (SSSR count). The van der Waals surface area contributed by atoms with E-state index in [0.29, 0.717) is 12.5 Å². The van der Waals surface area contributed by atoms with Crippen molar-refractivity contribution in [3.05, 3.63) is 54.0 Å². The minimum Gasteiger partial charge on any atom is -0.472 e. The molecule has 0 amide bonds. The van der Waals surface area contributed by atoms with Gasteiger partial charge in [0.05, 0.1) is 23.0 Å². The lowest BCUT2D eigenvalue weighted by Crippen LogP contribution is -2.34. The third-order valence-corrected chi connectivity index (χ3v) is 4.54. The van der Waals surface area contributed by atoms with Crippen molar-refractivity contribution in [1.29, 1.82) is 0 Å². The standard InChI is InChI=1S/C14H14F3NO3S/c1-10(7-11-5-6-21-9-11)18-22(19,20)13-4-2-3-12(8-13)14(15,16)17/h2-6,8-10,18H,7H2,1H3. The highest BCUT2D eigenvalue weighted by Crippen LogP contribution is 2.30. The average molecular weight is 333 g/mol. The van der Waals surface area contributed by atoms with Crippen molar-refractivity contribution in [3.63, 3.8) is 0 Å². The van der Waals surface area contributed by atoms with Gasteiger partial charge in [-0.25, -0.2) is 13.1 Å². The molecule has 1 N–H and O–H groups in total. The minimum atomic E-state index is -4.59. The van der Waals surface area contributed by atoms with E-state index in [0.717, 1.165) is 23.8 Å². The maximum absolute atomic E-state index is 12.6. The van der Waals surface area contributed by atoms with Gasteiger partial charge < -0.3 is 4.42 Å². The van der Waals surface area contributed by atoms with Crippen LogP contribution >= 0.6 is 0 Å². The van der Waals surface area contributed by atoms with Gasteiger partial charge in [0.1, 0.15) is 0 Å². The van der Waals surface area contributed by atoms with E-state index < -0.39 is 32.7 Å². The Kier molecular flexibility index (Phi) is 4.62. The molecule has 8 heteroatoms. The number of halogens is 3. The van der Waals surface area contributed by atoms with Gasteiger partial charge in [-0.05, 0) is 43.2 Å². The normalized spacial score (nSPS) is 14.0. The molecule has 1 aromatic carbocycles. The lowest BCUT2D eigenvalue weighted by atomic mass is 10.1. The number of furan rings is 1. The predicted octanol–water partition coefficient (Wildman–Crippen LogP) is 3.21. The largest absolute Gasteiger partial charge is 0.472 e. The summed E-state index contributed by atoms with van der Waals surface area (Å²) in [6, 6.07) is 4.84. The van der Waals surface area contributed by atoms with Gasteiger partial charge in [0, 0.05) is 6.04 Å². The fourth-order valence-electron chi connectivity index (χ4n) is 1.98. The smallest absolute Gasteiger partial charge is 0.416 e.